The van der Waals surface area contributed by atoms with E-state index in [9.17, 15) is 24.9 Å². The molecule has 0 aromatic heterocycles. The van der Waals surface area contributed by atoms with Crippen LogP contribution in [0.5, 0.6) is 17.2 Å². The Kier molecular flexibility index (Phi) is 7.81. The van der Waals surface area contributed by atoms with Crippen LogP contribution in [0.1, 0.15) is 43.5 Å². The number of rotatable bonds is 7. The summed E-state index contributed by atoms with van der Waals surface area (Å²) in [7, 11) is 0. The third-order valence-corrected chi connectivity index (χ3v) is 5.16. The van der Waals surface area contributed by atoms with Gasteiger partial charge in [0.2, 0.25) is 11.8 Å². The van der Waals surface area contributed by atoms with E-state index < -0.39 is 17.5 Å². The van der Waals surface area contributed by atoms with Crippen molar-refractivity contribution in [2.45, 2.75) is 38.9 Å². The summed E-state index contributed by atoms with van der Waals surface area (Å²) in [5.41, 5.74) is 1.36. The average molecular weight is 475 g/mol. The van der Waals surface area contributed by atoms with Gasteiger partial charge in [0.1, 0.15) is 11.8 Å². The van der Waals surface area contributed by atoms with E-state index in [1.807, 2.05) is 51.1 Å². The monoisotopic (exact) mass is 474 g/mol. The zero-order valence-corrected chi connectivity index (χ0v) is 20.0. The Hall–Kier alpha value is -4.26. The first-order valence-electron chi connectivity index (χ1n) is 11.2. The highest BCUT2D eigenvalue weighted by molar-refractivity contribution is 5.96. The maximum atomic E-state index is 13.5. The van der Waals surface area contributed by atoms with Gasteiger partial charge < -0.3 is 25.5 Å². The Morgan fingerprint density at radius 2 is 1.57 bits per heavy atom. The molecule has 7 heteroatoms. The molecule has 0 aliphatic carbocycles. The van der Waals surface area contributed by atoms with E-state index in [1.165, 1.54) is 41.3 Å². The summed E-state index contributed by atoms with van der Waals surface area (Å²) in [5.74, 6) is -1.29. The lowest BCUT2D eigenvalue weighted by Gasteiger charge is -2.33. The standard InChI is InChI=1S/C28H30N2O5/c1-28(2,3)29-27(35)26(21-11-13-22(31)14-12-21)30(18-20-7-5-4-6-8-20)25(34)16-10-19-9-15-23(32)24(33)17-19/h4-17,26,31-33H,18H2,1-3H3,(H,29,35)/b16-10+/t26-/m0/s1. The largest absolute Gasteiger partial charge is 0.508 e. The molecular weight excluding hydrogens is 444 g/mol. The molecule has 35 heavy (non-hydrogen) atoms. The number of hydrogen-bond acceptors (Lipinski definition) is 5. The number of nitrogens with one attached hydrogen (secondary N) is 1. The van der Waals surface area contributed by atoms with Crippen molar-refractivity contribution in [3.05, 3.63) is 95.6 Å². The van der Waals surface area contributed by atoms with Crippen LogP contribution in [0.4, 0.5) is 0 Å². The summed E-state index contributed by atoms with van der Waals surface area (Å²) < 4.78 is 0. The van der Waals surface area contributed by atoms with Gasteiger partial charge in [-0.15, -0.1) is 0 Å². The third-order valence-electron chi connectivity index (χ3n) is 5.16. The number of amides is 2. The number of carbonyl (C=O) groups is 2. The second kappa shape index (κ2) is 10.8. The molecule has 0 spiro atoms. The van der Waals surface area contributed by atoms with Crippen molar-refractivity contribution in [3.8, 4) is 17.2 Å². The van der Waals surface area contributed by atoms with Gasteiger partial charge in [-0.25, -0.2) is 0 Å². The van der Waals surface area contributed by atoms with Crippen LogP contribution in [0.3, 0.4) is 0 Å². The number of aromatic hydroxyl groups is 3. The minimum Gasteiger partial charge on any atom is -0.508 e. The first kappa shape index (κ1) is 25.4. The summed E-state index contributed by atoms with van der Waals surface area (Å²) in [6, 6.07) is 18.8. The van der Waals surface area contributed by atoms with Gasteiger partial charge in [-0.1, -0.05) is 48.5 Å². The van der Waals surface area contributed by atoms with Crippen LogP contribution in [-0.2, 0) is 16.1 Å². The van der Waals surface area contributed by atoms with Gasteiger partial charge in [0.25, 0.3) is 0 Å². The second-order valence-electron chi connectivity index (χ2n) is 9.27. The third kappa shape index (κ3) is 7.11. The highest BCUT2D eigenvalue weighted by Crippen LogP contribution is 2.28. The maximum absolute atomic E-state index is 13.5. The molecule has 0 bridgehead atoms. The molecule has 0 fully saturated rings. The summed E-state index contributed by atoms with van der Waals surface area (Å²) in [5, 5.41) is 32.0. The smallest absolute Gasteiger partial charge is 0.247 e. The molecule has 0 radical (unpaired) electrons. The van der Waals surface area contributed by atoms with Crippen molar-refractivity contribution in [2.24, 2.45) is 0 Å². The minimum absolute atomic E-state index is 0.0525. The zero-order valence-electron chi connectivity index (χ0n) is 20.0. The zero-order chi connectivity index (χ0) is 25.6. The molecule has 182 valence electrons. The van der Waals surface area contributed by atoms with E-state index in [1.54, 1.807) is 18.2 Å². The maximum Gasteiger partial charge on any atom is 0.247 e. The fourth-order valence-corrected chi connectivity index (χ4v) is 3.55. The number of nitrogens with zero attached hydrogens (tertiary/aromatic N) is 1. The van der Waals surface area contributed by atoms with Crippen LogP contribution >= 0.6 is 0 Å². The van der Waals surface area contributed by atoms with E-state index >= 15 is 0 Å². The molecule has 7 nitrogen and oxygen atoms in total. The van der Waals surface area contributed by atoms with Crippen LogP contribution in [-0.4, -0.2) is 37.6 Å². The SMILES string of the molecule is CC(C)(C)NC(=O)[C@H](c1ccc(O)cc1)N(Cc1ccccc1)C(=O)/C=C/c1ccc(O)c(O)c1. The van der Waals surface area contributed by atoms with Crippen molar-refractivity contribution in [1.29, 1.82) is 0 Å². The topological polar surface area (TPSA) is 110 Å². The van der Waals surface area contributed by atoms with Gasteiger partial charge in [-0.05, 0) is 67.8 Å². The van der Waals surface area contributed by atoms with E-state index in [2.05, 4.69) is 5.32 Å². The van der Waals surface area contributed by atoms with Gasteiger partial charge in [-0.3, -0.25) is 9.59 Å². The van der Waals surface area contributed by atoms with E-state index in [0.29, 0.717) is 11.1 Å². The molecular formula is C28H30N2O5. The fraction of sp³-hybridized carbons (Fsp3) is 0.214. The number of phenols is 3. The summed E-state index contributed by atoms with van der Waals surface area (Å²) in [6.07, 6.45) is 2.83. The molecule has 3 aromatic rings. The highest BCUT2D eigenvalue weighted by Gasteiger charge is 2.32. The van der Waals surface area contributed by atoms with E-state index in [0.717, 1.165) is 5.56 Å². The predicted octanol–water partition coefficient (Wildman–Crippen LogP) is 4.50. The van der Waals surface area contributed by atoms with Gasteiger partial charge in [0.15, 0.2) is 11.5 Å². The molecule has 0 heterocycles. The van der Waals surface area contributed by atoms with Gasteiger partial charge >= 0.3 is 0 Å². The minimum atomic E-state index is -0.972. The van der Waals surface area contributed by atoms with E-state index in [4.69, 9.17) is 0 Å². The normalized spacial score (nSPS) is 12.3. The Morgan fingerprint density at radius 3 is 2.17 bits per heavy atom. The Balaban J connectivity index is 2.04. The molecule has 4 N–H and O–H groups in total. The van der Waals surface area contributed by atoms with Crippen LogP contribution in [0.2, 0.25) is 0 Å². The van der Waals surface area contributed by atoms with Crippen molar-refractivity contribution in [3.63, 3.8) is 0 Å². The quantitative estimate of drug-likeness (QED) is 0.298. The van der Waals surface area contributed by atoms with Crippen molar-refractivity contribution >= 4 is 17.9 Å². The summed E-state index contributed by atoms with van der Waals surface area (Å²) >= 11 is 0. The Morgan fingerprint density at radius 1 is 0.914 bits per heavy atom. The lowest BCUT2D eigenvalue weighted by molar-refractivity contribution is -0.138. The van der Waals surface area contributed by atoms with Crippen molar-refractivity contribution in [1.82, 2.24) is 10.2 Å². The summed E-state index contributed by atoms with van der Waals surface area (Å²) in [6.45, 7) is 5.74. The number of carbonyl (C=O) groups excluding carboxylic acids is 2. The highest BCUT2D eigenvalue weighted by atomic mass is 16.3. The second-order valence-corrected chi connectivity index (χ2v) is 9.27. The van der Waals surface area contributed by atoms with Crippen molar-refractivity contribution < 1.29 is 24.9 Å². The fourth-order valence-electron chi connectivity index (χ4n) is 3.55. The van der Waals surface area contributed by atoms with Crippen LogP contribution < -0.4 is 5.32 Å². The van der Waals surface area contributed by atoms with Crippen LogP contribution in [0.15, 0.2) is 78.9 Å². The number of benzene rings is 3. The molecule has 0 aliphatic heterocycles. The molecule has 2 amide bonds. The van der Waals surface area contributed by atoms with Crippen LogP contribution in [0, 0.1) is 0 Å². The Bertz CT molecular complexity index is 1200. The molecule has 0 aliphatic rings. The molecule has 0 unspecified atom stereocenters. The molecule has 0 saturated carbocycles. The lowest BCUT2D eigenvalue weighted by Crippen LogP contribution is -2.48. The molecule has 3 aromatic carbocycles. The summed E-state index contributed by atoms with van der Waals surface area (Å²) in [4.78, 5) is 28.5. The van der Waals surface area contributed by atoms with Gasteiger partial charge in [0.05, 0.1) is 0 Å². The number of hydrogen-bond donors (Lipinski definition) is 4. The molecule has 0 saturated heterocycles. The Labute approximate surface area is 205 Å². The molecule has 3 rings (SSSR count). The first-order chi connectivity index (χ1) is 16.5. The van der Waals surface area contributed by atoms with E-state index in [-0.39, 0.29) is 29.7 Å². The molecule has 1 atom stereocenters. The van der Waals surface area contributed by atoms with Gasteiger partial charge in [-0.2, -0.15) is 0 Å². The van der Waals surface area contributed by atoms with Gasteiger partial charge in [0, 0.05) is 18.2 Å². The van der Waals surface area contributed by atoms with Crippen LogP contribution in [0.25, 0.3) is 6.08 Å². The average Bonchev–Trinajstić information content (AvgIpc) is 2.80. The first-order valence-corrected chi connectivity index (χ1v) is 11.2. The number of phenolic OH excluding ortho intramolecular Hbond substituents is 3. The predicted molar refractivity (Wildman–Crippen MR) is 135 cm³/mol. The van der Waals surface area contributed by atoms with Crippen molar-refractivity contribution in [2.75, 3.05) is 0 Å². The lowest BCUT2D eigenvalue weighted by atomic mass is 10.0.